The number of imidazole rings is 1. The van der Waals surface area contributed by atoms with Gasteiger partial charge in [0.15, 0.2) is 0 Å². The summed E-state index contributed by atoms with van der Waals surface area (Å²) in [5.74, 6) is -0.849. The molecule has 1 aromatic heterocycles. The van der Waals surface area contributed by atoms with Crippen molar-refractivity contribution in [3.8, 4) is 6.01 Å². The number of unbranched alkanes of at least 4 members (excludes halogenated alkanes) is 3. The highest BCUT2D eigenvalue weighted by molar-refractivity contribution is 8.48. The van der Waals surface area contributed by atoms with Crippen LogP contribution in [0.15, 0.2) is 91.0 Å². The molecule has 5 amide bonds. The number of benzene rings is 3. The van der Waals surface area contributed by atoms with Crippen LogP contribution in [-0.4, -0.2) is 73.0 Å². The Balaban J connectivity index is 0.877. The number of fused-ring (bicyclic) bond motifs is 1. The molecule has 1 unspecified atom stereocenters. The lowest BCUT2D eigenvalue weighted by molar-refractivity contribution is -0.138. The zero-order valence-corrected chi connectivity index (χ0v) is 36.2. The molecule has 2 aliphatic carbocycles. The van der Waals surface area contributed by atoms with Gasteiger partial charge in [0, 0.05) is 29.8 Å². The highest BCUT2D eigenvalue weighted by atomic mass is 32.3. The Bertz CT molecular complexity index is 2350. The molecule has 16 heteroatoms. The van der Waals surface area contributed by atoms with Gasteiger partial charge < -0.3 is 35.5 Å². The molecule has 0 spiro atoms. The summed E-state index contributed by atoms with van der Waals surface area (Å²) in [6.07, 6.45) is 10.4. The number of anilines is 3. The fourth-order valence-electron chi connectivity index (χ4n) is 8.36. The molecule has 3 aromatic carbocycles. The van der Waals surface area contributed by atoms with Gasteiger partial charge >= 0.3 is 11.3 Å². The number of hydrogen-bond acceptors (Lipinski definition) is 9. The average molecular weight is 865 g/mol. The first-order valence-electron chi connectivity index (χ1n) is 21.6. The van der Waals surface area contributed by atoms with Crippen molar-refractivity contribution in [2.24, 2.45) is 17.6 Å². The van der Waals surface area contributed by atoms with E-state index in [4.69, 9.17) is 19.6 Å². The molecule has 2 saturated carbocycles. The number of carbonyl (C=O) groups excluding carboxylic acids is 5. The molecular weight excluding hydrogens is 809 g/mol. The first kappa shape index (κ1) is 42.7. The Labute approximate surface area is 363 Å². The Morgan fingerprint density at radius 1 is 0.952 bits per heavy atom. The Morgan fingerprint density at radius 2 is 1.66 bits per heavy atom. The zero-order valence-electron chi connectivity index (χ0n) is 35.4. The number of nitrogens with one attached hydrogen (secondary N) is 4. The third-order valence-electron chi connectivity index (χ3n) is 12.3. The number of nitrogens with zero attached hydrogens (tertiary/aromatic N) is 3. The van der Waals surface area contributed by atoms with E-state index >= 15 is 0 Å². The number of rotatable bonds is 19. The van der Waals surface area contributed by atoms with Gasteiger partial charge in [-0.05, 0) is 102 Å². The number of primary amides is 1. The van der Waals surface area contributed by atoms with Crippen molar-refractivity contribution in [3.05, 3.63) is 91.0 Å². The van der Waals surface area contributed by atoms with E-state index in [1.54, 1.807) is 23.1 Å². The largest absolute Gasteiger partial charge is 0.459 e. The van der Waals surface area contributed by atoms with E-state index in [1.807, 2.05) is 86.0 Å². The summed E-state index contributed by atoms with van der Waals surface area (Å²) in [7, 11) is -2.10. The number of amides is 5. The van der Waals surface area contributed by atoms with Crippen LogP contribution in [0.4, 0.5) is 26.7 Å². The van der Waals surface area contributed by atoms with Crippen LogP contribution in [0.25, 0.3) is 11.0 Å². The lowest BCUT2D eigenvalue weighted by Gasteiger charge is -2.28. The Hall–Kier alpha value is -6.03. The molecule has 2 aliphatic heterocycles. The minimum absolute atomic E-state index is 0.0683. The summed E-state index contributed by atoms with van der Waals surface area (Å²) in [6.45, 7) is 6.17. The lowest BCUT2D eigenvalue weighted by atomic mass is 10.0. The molecule has 3 heterocycles. The summed E-state index contributed by atoms with van der Waals surface area (Å²) in [6, 6.07) is 22.5. The number of hydrogen-bond donors (Lipinski definition) is 5. The van der Waals surface area contributed by atoms with Crippen molar-refractivity contribution in [3.63, 3.8) is 0 Å². The SMILES string of the molecule is CC(C)n1c(O[C@@H]2C[C@@H](C(N)=O)N(C(=O)[C@H](CCCCC/C=C\[C@@H]3C[C@@H]3C(=O)NS3(C4(C)CC4)OC3=O)Nc3ccccc3)C2)nc2c(NC(=O)Nc3ccccc3)cccc21. The normalized spacial score (nSPS) is 24.8. The van der Waals surface area contributed by atoms with E-state index in [2.05, 4.69) is 32.8 Å². The Kier molecular flexibility index (Phi) is 12.2. The van der Waals surface area contributed by atoms with E-state index in [0.717, 1.165) is 56.1 Å². The quantitative estimate of drug-likeness (QED) is 0.0350. The van der Waals surface area contributed by atoms with Gasteiger partial charge in [-0.3, -0.25) is 23.7 Å². The molecule has 328 valence electrons. The number of ether oxygens (including phenoxy) is 1. The number of aromatic nitrogens is 2. The first-order valence-corrected chi connectivity index (χ1v) is 23.2. The van der Waals surface area contributed by atoms with Crippen LogP contribution >= 0.6 is 10.5 Å². The zero-order chi connectivity index (χ0) is 43.6. The fraction of sp³-hybridized carbons (Fsp3) is 0.435. The second-order valence-corrected chi connectivity index (χ2v) is 20.1. The number of para-hydroxylation sites is 3. The van der Waals surface area contributed by atoms with Crippen molar-refractivity contribution in [1.29, 1.82) is 0 Å². The summed E-state index contributed by atoms with van der Waals surface area (Å²) >= 11 is 0. The number of allylic oxidation sites excluding steroid dienone is 2. The minimum Gasteiger partial charge on any atom is -0.459 e. The standard InChI is InChI=1S/C46H56N8O7S/c1-29(2)54-37-23-15-22-35(50-43(58)49-32-19-12-8-13-20-32)39(37)51-44(54)60-33-27-38(40(47)55)53(28-33)42(57)36(48-31-17-10-7-11-18-31)21-14-6-4-5-9-16-30-26-34(30)41(56)52-62(45(59)61-62)46(3)24-25-46/h7-13,15-20,22-23,29-30,33-34,36,38,48H,4-6,14,21,24-28H2,1-3H3,(H2,47,55)(H,52,56)(H2,49,50,58)/b16-9-/t30-,33-,34+,36+,38+/m1/s1. The molecule has 62 heavy (non-hydrogen) atoms. The van der Waals surface area contributed by atoms with Crippen molar-refractivity contribution < 1.29 is 32.9 Å². The molecule has 0 radical (unpaired) electrons. The van der Waals surface area contributed by atoms with Crippen LogP contribution < -0.4 is 31.1 Å². The molecule has 2 saturated heterocycles. The van der Waals surface area contributed by atoms with Gasteiger partial charge in [0.05, 0.1) is 33.0 Å². The number of carbonyl (C=O) groups is 5. The van der Waals surface area contributed by atoms with Gasteiger partial charge in [-0.15, -0.1) is 0 Å². The first-order chi connectivity index (χ1) is 29.9. The molecule has 4 aliphatic rings. The smallest absolute Gasteiger partial charge is 0.413 e. The highest BCUT2D eigenvalue weighted by Crippen LogP contribution is 2.79. The third-order valence-corrected chi connectivity index (χ3v) is 15.3. The summed E-state index contributed by atoms with van der Waals surface area (Å²) in [5, 5.41) is 8.91. The van der Waals surface area contributed by atoms with Gasteiger partial charge in [-0.1, -0.05) is 67.5 Å². The molecule has 4 aromatic rings. The van der Waals surface area contributed by atoms with Crippen LogP contribution in [-0.2, 0) is 18.6 Å². The van der Waals surface area contributed by atoms with Crippen LogP contribution in [0, 0.1) is 11.8 Å². The predicted octanol–water partition coefficient (Wildman–Crippen LogP) is 8.17. The molecule has 6 N–H and O–H groups in total. The maximum Gasteiger partial charge on any atom is 0.413 e. The van der Waals surface area contributed by atoms with Crippen molar-refractivity contribution >= 4 is 67.6 Å². The van der Waals surface area contributed by atoms with Crippen molar-refractivity contribution in [1.82, 2.24) is 19.2 Å². The maximum absolute atomic E-state index is 14.4. The minimum atomic E-state index is -2.10. The highest BCUT2D eigenvalue weighted by Gasteiger charge is 2.71. The van der Waals surface area contributed by atoms with E-state index in [1.165, 1.54) is 0 Å². The van der Waals surface area contributed by atoms with Crippen LogP contribution in [0.1, 0.15) is 84.6 Å². The molecule has 4 fully saturated rings. The average Bonchev–Trinajstić information content (AvgIpc) is 4.21. The topological polar surface area (TPSA) is 202 Å². The lowest BCUT2D eigenvalue weighted by Crippen LogP contribution is -2.49. The van der Waals surface area contributed by atoms with Crippen LogP contribution in [0.3, 0.4) is 0 Å². The Morgan fingerprint density at radius 3 is 2.32 bits per heavy atom. The number of likely N-dealkylation sites (tertiary alicyclic amines) is 1. The molecule has 0 bridgehead atoms. The van der Waals surface area contributed by atoms with E-state index in [-0.39, 0.29) is 52.7 Å². The van der Waals surface area contributed by atoms with E-state index in [0.29, 0.717) is 29.3 Å². The van der Waals surface area contributed by atoms with E-state index < -0.39 is 40.6 Å². The monoisotopic (exact) mass is 864 g/mol. The van der Waals surface area contributed by atoms with Crippen LogP contribution in [0.2, 0.25) is 0 Å². The van der Waals surface area contributed by atoms with Crippen molar-refractivity contribution in [2.45, 2.75) is 108 Å². The summed E-state index contributed by atoms with van der Waals surface area (Å²) in [5.41, 5.74) is 9.19. The van der Waals surface area contributed by atoms with Gasteiger partial charge in [-0.2, -0.15) is 4.98 Å². The maximum atomic E-state index is 14.4. The number of nitrogens with two attached hydrogens (primary N) is 1. The van der Waals surface area contributed by atoms with Crippen LogP contribution in [0.5, 0.6) is 6.01 Å². The summed E-state index contributed by atoms with van der Waals surface area (Å²) < 4.78 is 16.6. The molecular formula is C46H56N8O7S. The second kappa shape index (κ2) is 17.8. The predicted molar refractivity (Wildman–Crippen MR) is 240 cm³/mol. The van der Waals surface area contributed by atoms with Gasteiger partial charge in [0.25, 0.3) is 6.01 Å². The van der Waals surface area contributed by atoms with Gasteiger partial charge in [0.2, 0.25) is 17.7 Å². The van der Waals surface area contributed by atoms with E-state index in [9.17, 15) is 24.0 Å². The third kappa shape index (κ3) is 9.25. The molecule has 6 atom stereocenters. The fourth-order valence-corrected chi connectivity index (χ4v) is 10.8. The summed E-state index contributed by atoms with van der Waals surface area (Å²) in [4.78, 5) is 71.6. The van der Waals surface area contributed by atoms with Gasteiger partial charge in [-0.25, -0.2) is 9.59 Å². The number of urea groups is 1. The van der Waals surface area contributed by atoms with Crippen molar-refractivity contribution in [2.75, 3.05) is 22.5 Å². The molecule has 15 nitrogen and oxygen atoms in total. The molecule has 8 rings (SSSR count). The van der Waals surface area contributed by atoms with Gasteiger partial charge in [0.1, 0.15) is 23.7 Å². The second-order valence-electron chi connectivity index (χ2n) is 17.3.